The molecule has 1 aromatic rings. The summed E-state index contributed by atoms with van der Waals surface area (Å²) in [6, 6.07) is 0. The molecule has 6 heteroatoms. The molecule has 0 spiro atoms. The van der Waals surface area contributed by atoms with Crippen LogP contribution in [0.2, 0.25) is 5.15 Å². The van der Waals surface area contributed by atoms with E-state index < -0.39 is 0 Å². The molecule has 1 N–H and O–H groups in total. The van der Waals surface area contributed by atoms with Gasteiger partial charge in [-0.3, -0.25) is 4.79 Å². The molecule has 18 heavy (non-hydrogen) atoms. The molecule has 1 aliphatic rings. The van der Waals surface area contributed by atoms with Gasteiger partial charge in [-0.15, -0.1) is 0 Å². The number of aliphatic hydroxyl groups is 1. The first kappa shape index (κ1) is 13.2. The normalized spacial score (nSPS) is 19.9. The SMILES string of the molecule is Cc1nc(Cl)c(C=O)c(N2CCCC(CO)C2)n1. The van der Waals surface area contributed by atoms with Gasteiger partial charge in [-0.05, 0) is 25.7 Å². The Morgan fingerprint density at radius 2 is 2.33 bits per heavy atom. The quantitative estimate of drug-likeness (QED) is 0.665. The maximum absolute atomic E-state index is 11.1. The number of anilines is 1. The lowest BCUT2D eigenvalue weighted by atomic mass is 9.99. The van der Waals surface area contributed by atoms with E-state index in [1.807, 2.05) is 4.90 Å². The average Bonchev–Trinajstić information content (AvgIpc) is 2.38. The molecule has 0 bridgehead atoms. The molecule has 1 atom stereocenters. The molecule has 1 aliphatic heterocycles. The van der Waals surface area contributed by atoms with Gasteiger partial charge in [0.25, 0.3) is 0 Å². The zero-order chi connectivity index (χ0) is 13.1. The predicted molar refractivity (Wildman–Crippen MR) is 69.2 cm³/mol. The Morgan fingerprint density at radius 1 is 1.56 bits per heavy atom. The summed E-state index contributed by atoms with van der Waals surface area (Å²) in [6.45, 7) is 3.43. The van der Waals surface area contributed by atoms with Gasteiger partial charge in [0.15, 0.2) is 6.29 Å². The Hall–Kier alpha value is -1.20. The van der Waals surface area contributed by atoms with E-state index in [9.17, 15) is 9.90 Å². The minimum atomic E-state index is 0.157. The van der Waals surface area contributed by atoms with Crippen LogP contribution < -0.4 is 4.90 Å². The molecule has 1 fully saturated rings. The second-order valence-electron chi connectivity index (χ2n) is 4.55. The Balaban J connectivity index is 2.34. The van der Waals surface area contributed by atoms with E-state index in [4.69, 9.17) is 11.6 Å². The third-order valence-corrected chi connectivity index (χ3v) is 3.47. The highest BCUT2D eigenvalue weighted by Gasteiger charge is 2.24. The van der Waals surface area contributed by atoms with E-state index in [0.29, 0.717) is 30.0 Å². The van der Waals surface area contributed by atoms with E-state index in [1.54, 1.807) is 6.92 Å². The molecular weight excluding hydrogens is 254 g/mol. The summed E-state index contributed by atoms with van der Waals surface area (Å²) in [5, 5.41) is 9.43. The molecule has 0 radical (unpaired) electrons. The fraction of sp³-hybridized carbons (Fsp3) is 0.583. The van der Waals surface area contributed by atoms with Crippen molar-refractivity contribution in [3.8, 4) is 0 Å². The number of hydrogen-bond donors (Lipinski definition) is 1. The Morgan fingerprint density at radius 3 is 3.00 bits per heavy atom. The Kier molecular flexibility index (Phi) is 4.14. The van der Waals surface area contributed by atoms with Crippen LogP contribution in [0.5, 0.6) is 0 Å². The second kappa shape index (κ2) is 5.63. The minimum Gasteiger partial charge on any atom is -0.396 e. The highest BCUT2D eigenvalue weighted by molar-refractivity contribution is 6.32. The molecular formula is C12H16ClN3O2. The first-order valence-electron chi connectivity index (χ1n) is 6.00. The van der Waals surface area contributed by atoms with Gasteiger partial charge in [-0.25, -0.2) is 9.97 Å². The van der Waals surface area contributed by atoms with Gasteiger partial charge in [0.2, 0.25) is 0 Å². The zero-order valence-corrected chi connectivity index (χ0v) is 11.0. The van der Waals surface area contributed by atoms with Crippen molar-refractivity contribution in [3.63, 3.8) is 0 Å². The Labute approximate surface area is 111 Å². The average molecular weight is 270 g/mol. The molecule has 98 valence electrons. The van der Waals surface area contributed by atoms with Crippen LogP contribution in [0.15, 0.2) is 0 Å². The summed E-state index contributed by atoms with van der Waals surface area (Å²) < 4.78 is 0. The fourth-order valence-electron chi connectivity index (χ4n) is 2.28. The number of halogens is 1. The van der Waals surface area contributed by atoms with Crippen molar-refractivity contribution in [3.05, 3.63) is 16.5 Å². The maximum Gasteiger partial charge on any atom is 0.156 e. The van der Waals surface area contributed by atoms with Crippen LogP contribution in [-0.4, -0.2) is 41.1 Å². The summed E-state index contributed by atoms with van der Waals surface area (Å²) in [5.41, 5.74) is 0.334. The standard InChI is InChI=1S/C12H16ClN3O2/c1-8-14-11(13)10(7-18)12(15-8)16-4-2-3-9(5-16)6-17/h7,9,17H,2-6H2,1H3. The number of hydrogen-bond acceptors (Lipinski definition) is 5. The van der Waals surface area contributed by atoms with Gasteiger partial charge in [-0.2, -0.15) is 0 Å². The van der Waals surface area contributed by atoms with Gasteiger partial charge >= 0.3 is 0 Å². The molecule has 0 saturated carbocycles. The van der Waals surface area contributed by atoms with Crippen molar-refractivity contribution in [1.82, 2.24) is 9.97 Å². The van der Waals surface area contributed by atoms with E-state index in [1.165, 1.54) is 0 Å². The lowest BCUT2D eigenvalue weighted by Crippen LogP contribution is -2.38. The number of aryl methyl sites for hydroxylation is 1. The summed E-state index contributed by atoms with van der Waals surface area (Å²) >= 11 is 5.97. The number of carbonyl (C=O) groups is 1. The third kappa shape index (κ3) is 2.62. The second-order valence-corrected chi connectivity index (χ2v) is 4.91. The first-order valence-corrected chi connectivity index (χ1v) is 6.38. The number of aldehydes is 1. The van der Waals surface area contributed by atoms with Gasteiger partial charge in [-0.1, -0.05) is 11.6 Å². The number of aromatic nitrogens is 2. The summed E-state index contributed by atoms with van der Waals surface area (Å²) in [5.74, 6) is 1.36. The maximum atomic E-state index is 11.1. The number of rotatable bonds is 3. The van der Waals surface area contributed by atoms with Gasteiger partial charge in [0.05, 0.1) is 5.56 Å². The molecule has 2 rings (SSSR count). The lowest BCUT2D eigenvalue weighted by molar-refractivity contribution is 0.112. The topological polar surface area (TPSA) is 66.3 Å². The monoisotopic (exact) mass is 269 g/mol. The predicted octanol–water partition coefficient (Wildman–Crippen LogP) is 1.46. The molecule has 5 nitrogen and oxygen atoms in total. The number of aliphatic hydroxyl groups excluding tert-OH is 1. The van der Waals surface area contributed by atoms with Crippen LogP contribution >= 0.6 is 11.6 Å². The fourth-order valence-corrected chi connectivity index (χ4v) is 2.53. The highest BCUT2D eigenvalue weighted by Crippen LogP contribution is 2.27. The molecule has 1 saturated heterocycles. The van der Waals surface area contributed by atoms with E-state index in [2.05, 4.69) is 9.97 Å². The van der Waals surface area contributed by atoms with E-state index in [0.717, 1.165) is 19.4 Å². The largest absolute Gasteiger partial charge is 0.396 e. The van der Waals surface area contributed by atoms with Crippen LogP contribution in [0.1, 0.15) is 29.0 Å². The van der Waals surface area contributed by atoms with E-state index in [-0.39, 0.29) is 17.7 Å². The highest BCUT2D eigenvalue weighted by atomic mass is 35.5. The summed E-state index contributed by atoms with van der Waals surface area (Å²) in [4.78, 5) is 21.4. The smallest absolute Gasteiger partial charge is 0.156 e. The first-order chi connectivity index (χ1) is 8.65. The number of carbonyl (C=O) groups excluding carboxylic acids is 1. The Bertz CT molecular complexity index is 453. The minimum absolute atomic E-state index is 0.157. The van der Waals surface area contributed by atoms with Gasteiger partial charge in [0.1, 0.15) is 16.8 Å². The van der Waals surface area contributed by atoms with Gasteiger partial charge < -0.3 is 10.0 Å². The van der Waals surface area contributed by atoms with Crippen molar-refractivity contribution in [2.45, 2.75) is 19.8 Å². The molecule has 0 aromatic carbocycles. The molecule has 2 heterocycles. The van der Waals surface area contributed by atoms with Crippen LogP contribution in [0.25, 0.3) is 0 Å². The van der Waals surface area contributed by atoms with Crippen LogP contribution in [0, 0.1) is 12.8 Å². The summed E-state index contributed by atoms with van der Waals surface area (Å²) in [6.07, 6.45) is 2.67. The number of piperidine rings is 1. The lowest BCUT2D eigenvalue weighted by Gasteiger charge is -2.33. The van der Waals surface area contributed by atoms with E-state index >= 15 is 0 Å². The zero-order valence-electron chi connectivity index (χ0n) is 10.3. The van der Waals surface area contributed by atoms with Crippen molar-refractivity contribution in [2.75, 3.05) is 24.6 Å². The van der Waals surface area contributed by atoms with Crippen LogP contribution in [0.3, 0.4) is 0 Å². The van der Waals surface area contributed by atoms with Crippen molar-refractivity contribution in [1.29, 1.82) is 0 Å². The van der Waals surface area contributed by atoms with Crippen molar-refractivity contribution < 1.29 is 9.90 Å². The van der Waals surface area contributed by atoms with Gasteiger partial charge in [0, 0.05) is 19.7 Å². The molecule has 1 unspecified atom stereocenters. The molecule has 0 aliphatic carbocycles. The third-order valence-electron chi connectivity index (χ3n) is 3.19. The van der Waals surface area contributed by atoms with Crippen molar-refractivity contribution >= 4 is 23.7 Å². The van der Waals surface area contributed by atoms with Crippen LogP contribution in [0.4, 0.5) is 5.82 Å². The summed E-state index contributed by atoms with van der Waals surface area (Å²) in [7, 11) is 0. The van der Waals surface area contributed by atoms with Crippen molar-refractivity contribution in [2.24, 2.45) is 5.92 Å². The number of nitrogens with zero attached hydrogens (tertiary/aromatic N) is 3. The molecule has 0 amide bonds. The van der Waals surface area contributed by atoms with Crippen LogP contribution in [-0.2, 0) is 0 Å². The molecule has 1 aromatic heterocycles.